The fourth-order valence-electron chi connectivity index (χ4n) is 4.52. The maximum Gasteiger partial charge on any atom is 0.416 e. The highest BCUT2D eigenvalue weighted by molar-refractivity contribution is 5.72. The molecule has 1 saturated heterocycles. The number of methoxy groups -OCH3 is 1. The van der Waals surface area contributed by atoms with Gasteiger partial charge in [-0.05, 0) is 48.4 Å². The van der Waals surface area contributed by atoms with E-state index < -0.39 is 53.1 Å². The fourth-order valence-corrected chi connectivity index (χ4v) is 4.52. The zero-order chi connectivity index (χ0) is 27.1. The van der Waals surface area contributed by atoms with Crippen LogP contribution in [0.1, 0.15) is 35.3 Å². The molecule has 202 valence electrons. The second-order valence-electron chi connectivity index (χ2n) is 9.25. The minimum Gasteiger partial charge on any atom is -0.486 e. The fraction of sp³-hybridized carbons (Fsp3) is 0.480. The van der Waals surface area contributed by atoms with E-state index in [1.54, 1.807) is 23.1 Å². The summed E-state index contributed by atoms with van der Waals surface area (Å²) in [5, 5.41) is 10.5. The first kappa shape index (κ1) is 27.1. The number of hydrogen-bond acceptors (Lipinski definition) is 6. The maximum atomic E-state index is 13.4. The molecule has 0 unspecified atom stereocenters. The summed E-state index contributed by atoms with van der Waals surface area (Å²) in [5.41, 5.74) is -2.25. The lowest BCUT2D eigenvalue weighted by atomic mass is 9.91. The lowest BCUT2D eigenvalue weighted by molar-refractivity contribution is -0.148. The van der Waals surface area contributed by atoms with E-state index in [4.69, 9.17) is 9.47 Å². The number of aliphatic hydroxyl groups is 1. The third-order valence-electron chi connectivity index (χ3n) is 6.68. The minimum atomic E-state index is -4.78. The molecule has 0 amide bonds. The zero-order valence-corrected chi connectivity index (χ0v) is 19.9. The lowest BCUT2D eigenvalue weighted by Gasteiger charge is -2.44. The van der Waals surface area contributed by atoms with Gasteiger partial charge >= 0.3 is 18.3 Å². The van der Waals surface area contributed by atoms with E-state index in [1.165, 1.54) is 14.0 Å². The Balaban J connectivity index is 1.42. The van der Waals surface area contributed by atoms with Crippen LogP contribution in [-0.2, 0) is 28.4 Å². The first-order valence-electron chi connectivity index (χ1n) is 11.5. The second kappa shape index (κ2) is 10.1. The third-order valence-corrected chi connectivity index (χ3v) is 6.68. The number of benzene rings is 2. The van der Waals surface area contributed by atoms with E-state index in [0.717, 1.165) is 0 Å². The molecule has 0 radical (unpaired) electrons. The van der Waals surface area contributed by atoms with E-state index in [2.05, 4.69) is 4.74 Å². The van der Waals surface area contributed by atoms with E-state index in [0.29, 0.717) is 48.4 Å². The van der Waals surface area contributed by atoms with Gasteiger partial charge in [0.25, 0.3) is 0 Å². The Morgan fingerprint density at radius 3 is 2.41 bits per heavy atom. The third kappa shape index (κ3) is 5.80. The van der Waals surface area contributed by atoms with Crippen molar-refractivity contribution < 1.29 is 50.5 Å². The number of alkyl halides is 6. The quantitative estimate of drug-likeness (QED) is 0.424. The van der Waals surface area contributed by atoms with Crippen LogP contribution >= 0.6 is 0 Å². The summed E-state index contributed by atoms with van der Waals surface area (Å²) >= 11 is 0. The van der Waals surface area contributed by atoms with Crippen molar-refractivity contribution in [2.45, 2.75) is 38.0 Å². The largest absolute Gasteiger partial charge is 0.486 e. The van der Waals surface area contributed by atoms with Gasteiger partial charge in [-0.25, -0.2) is 0 Å². The molecule has 2 aliphatic rings. The molecule has 1 N–H and O–H groups in total. The number of likely N-dealkylation sites (tertiary alicyclic amines) is 1. The molecular formula is C25H25F6NO5. The van der Waals surface area contributed by atoms with Gasteiger partial charge in [0.1, 0.15) is 12.7 Å². The van der Waals surface area contributed by atoms with Crippen LogP contribution in [0.15, 0.2) is 36.4 Å². The predicted octanol–water partition coefficient (Wildman–Crippen LogP) is 4.84. The number of aliphatic hydroxyl groups excluding tert-OH is 1. The van der Waals surface area contributed by atoms with E-state index in [-0.39, 0.29) is 19.1 Å². The van der Waals surface area contributed by atoms with Crippen LogP contribution in [0.5, 0.6) is 11.5 Å². The first-order valence-corrected chi connectivity index (χ1v) is 11.5. The van der Waals surface area contributed by atoms with Crippen LogP contribution in [0.4, 0.5) is 26.3 Å². The number of hydrogen-bond donors (Lipinski definition) is 1. The van der Waals surface area contributed by atoms with Crippen molar-refractivity contribution >= 4 is 5.97 Å². The average molecular weight is 533 g/mol. The topological polar surface area (TPSA) is 68.2 Å². The molecule has 0 bridgehead atoms. The zero-order valence-electron chi connectivity index (χ0n) is 19.9. The summed E-state index contributed by atoms with van der Waals surface area (Å²) in [6, 6.07) is 6.22. The van der Waals surface area contributed by atoms with Crippen LogP contribution in [0.25, 0.3) is 0 Å². The van der Waals surface area contributed by atoms with Gasteiger partial charge in [-0.3, -0.25) is 9.69 Å². The van der Waals surface area contributed by atoms with Gasteiger partial charge in [0, 0.05) is 25.6 Å². The number of halogens is 6. The number of nitrogens with zero attached hydrogens (tertiary/aromatic N) is 1. The highest BCUT2D eigenvalue weighted by atomic mass is 19.4. The molecule has 4 rings (SSSR count). The van der Waals surface area contributed by atoms with Crippen molar-refractivity contribution in [3.8, 4) is 11.5 Å². The Hall–Kier alpha value is -2.99. The van der Waals surface area contributed by atoms with Gasteiger partial charge in [0.2, 0.25) is 0 Å². The number of carbonyl (C=O) groups is 1. The molecule has 1 fully saturated rings. The highest BCUT2D eigenvalue weighted by Gasteiger charge is 2.41. The molecule has 3 atom stereocenters. The molecule has 6 nitrogen and oxygen atoms in total. The Morgan fingerprint density at radius 1 is 1.08 bits per heavy atom. The van der Waals surface area contributed by atoms with Crippen LogP contribution < -0.4 is 9.47 Å². The molecule has 0 aromatic heterocycles. The van der Waals surface area contributed by atoms with Crippen LogP contribution in [-0.4, -0.2) is 48.9 Å². The molecule has 2 aliphatic heterocycles. The van der Waals surface area contributed by atoms with Crippen LogP contribution in [0.3, 0.4) is 0 Å². The predicted molar refractivity (Wildman–Crippen MR) is 118 cm³/mol. The van der Waals surface area contributed by atoms with E-state index in [9.17, 15) is 36.2 Å². The van der Waals surface area contributed by atoms with E-state index >= 15 is 0 Å². The van der Waals surface area contributed by atoms with Crippen molar-refractivity contribution in [2.24, 2.45) is 11.8 Å². The summed E-state index contributed by atoms with van der Waals surface area (Å²) in [7, 11) is 1.22. The van der Waals surface area contributed by atoms with Crippen molar-refractivity contribution in [1.29, 1.82) is 0 Å². The molecule has 2 heterocycles. The standard InChI is InChI=1S/C25H25F6NO5/c1-13(23(34)35-2)22(33)14-3-6-19-20(8-14)37-21(12-36-19)16-10-32(11-16)9-15-7-17(24(26,27)28)4-5-18(15)25(29,30)31/h3-8,13,16,21-22,33H,9-12H2,1-2H3/t13-,21+,22+/m0/s1. The molecule has 2 aromatic rings. The summed E-state index contributed by atoms with van der Waals surface area (Å²) in [6.45, 7) is 2.02. The Bertz CT molecular complexity index is 1150. The summed E-state index contributed by atoms with van der Waals surface area (Å²) in [5.74, 6) is -0.741. The highest BCUT2D eigenvalue weighted by Crippen LogP contribution is 2.40. The summed E-state index contributed by atoms with van der Waals surface area (Å²) in [6.07, 6.45) is -11.1. The second-order valence-corrected chi connectivity index (χ2v) is 9.25. The lowest BCUT2D eigenvalue weighted by Crippen LogP contribution is -2.55. The Labute approximate surface area is 208 Å². The number of fused-ring (bicyclic) bond motifs is 1. The Morgan fingerprint density at radius 2 is 1.78 bits per heavy atom. The first-order chi connectivity index (χ1) is 17.3. The SMILES string of the molecule is COC(=O)[C@@H](C)[C@@H](O)c1ccc2c(c1)O[C@@H](C1CN(Cc3cc(C(F)(F)F)ccc3C(F)(F)F)C1)CO2. The number of rotatable bonds is 6. The monoisotopic (exact) mass is 533 g/mol. The summed E-state index contributed by atoms with van der Waals surface area (Å²) < 4.78 is 95.8. The normalized spacial score (nSPS) is 20.2. The smallest absolute Gasteiger partial charge is 0.416 e. The van der Waals surface area contributed by atoms with Crippen molar-refractivity contribution in [3.05, 3.63) is 58.7 Å². The minimum absolute atomic E-state index is 0.129. The van der Waals surface area contributed by atoms with Gasteiger partial charge in [-0.15, -0.1) is 0 Å². The van der Waals surface area contributed by atoms with Crippen molar-refractivity contribution in [1.82, 2.24) is 4.90 Å². The van der Waals surface area contributed by atoms with Crippen molar-refractivity contribution in [3.63, 3.8) is 0 Å². The van der Waals surface area contributed by atoms with E-state index in [1.807, 2.05) is 0 Å². The molecule has 12 heteroatoms. The van der Waals surface area contributed by atoms with Gasteiger partial charge in [0.05, 0.1) is 30.3 Å². The number of ether oxygens (including phenoxy) is 3. The molecule has 2 aromatic carbocycles. The number of esters is 1. The molecular weight excluding hydrogens is 508 g/mol. The summed E-state index contributed by atoms with van der Waals surface area (Å²) in [4.78, 5) is 13.4. The molecule has 0 spiro atoms. The van der Waals surface area contributed by atoms with Crippen molar-refractivity contribution in [2.75, 3.05) is 26.8 Å². The molecule has 0 saturated carbocycles. The Kier molecular flexibility index (Phi) is 7.35. The van der Waals surface area contributed by atoms with Crippen LogP contribution in [0, 0.1) is 11.8 Å². The maximum absolute atomic E-state index is 13.4. The van der Waals surface area contributed by atoms with Gasteiger partial charge in [-0.2, -0.15) is 26.3 Å². The molecule has 37 heavy (non-hydrogen) atoms. The number of carbonyl (C=O) groups excluding carboxylic acids is 1. The molecule has 0 aliphatic carbocycles. The van der Waals surface area contributed by atoms with Gasteiger partial charge < -0.3 is 19.3 Å². The van der Waals surface area contributed by atoms with Gasteiger partial charge in [-0.1, -0.05) is 6.07 Å². The van der Waals surface area contributed by atoms with Gasteiger partial charge in [0.15, 0.2) is 11.5 Å². The van der Waals surface area contributed by atoms with Crippen LogP contribution in [0.2, 0.25) is 0 Å². The average Bonchev–Trinajstić information content (AvgIpc) is 2.82.